The van der Waals surface area contributed by atoms with E-state index in [0.717, 1.165) is 30.8 Å². The van der Waals surface area contributed by atoms with Gasteiger partial charge in [-0.25, -0.2) is 4.39 Å². The maximum absolute atomic E-state index is 13.2. The number of amides is 1. The molecule has 0 radical (unpaired) electrons. The number of carbonyl (C=O) groups excluding carboxylic acids is 1. The molecule has 1 aliphatic rings. The minimum Gasteiger partial charge on any atom is -0.399 e. The van der Waals surface area contributed by atoms with Crippen molar-refractivity contribution in [2.75, 3.05) is 25.4 Å². The fourth-order valence-corrected chi connectivity index (χ4v) is 3.83. The Labute approximate surface area is 170 Å². The van der Waals surface area contributed by atoms with Gasteiger partial charge >= 0.3 is 0 Å². The number of piperazine rings is 1. The van der Waals surface area contributed by atoms with E-state index in [2.05, 4.69) is 17.0 Å². The molecule has 1 saturated heterocycles. The van der Waals surface area contributed by atoms with Gasteiger partial charge in [-0.05, 0) is 47.5 Å². The predicted molar refractivity (Wildman–Crippen MR) is 113 cm³/mol. The summed E-state index contributed by atoms with van der Waals surface area (Å²) in [5.41, 5.74) is 9.24. The summed E-state index contributed by atoms with van der Waals surface area (Å²) < 4.78 is 13.2. The highest BCUT2D eigenvalue weighted by atomic mass is 19.1. The molecule has 29 heavy (non-hydrogen) atoms. The third-order valence-electron chi connectivity index (χ3n) is 5.39. The van der Waals surface area contributed by atoms with E-state index in [1.54, 1.807) is 24.3 Å². The molecule has 1 heterocycles. The Kier molecular flexibility index (Phi) is 5.58. The number of nitrogen functional groups attached to an aromatic ring is 1. The Morgan fingerprint density at radius 1 is 0.931 bits per heavy atom. The fraction of sp³-hybridized carbons (Fsp3) is 0.208. The monoisotopic (exact) mass is 389 g/mol. The molecular formula is C24H24FN3O. The van der Waals surface area contributed by atoms with Gasteiger partial charge in [0.15, 0.2) is 0 Å². The average Bonchev–Trinajstić information content (AvgIpc) is 2.76. The summed E-state index contributed by atoms with van der Waals surface area (Å²) in [7, 11) is 0. The van der Waals surface area contributed by atoms with Crippen molar-refractivity contribution in [3.05, 3.63) is 101 Å². The maximum atomic E-state index is 13.2. The molecule has 3 aromatic rings. The molecule has 1 aliphatic heterocycles. The van der Waals surface area contributed by atoms with Crippen molar-refractivity contribution in [1.29, 1.82) is 0 Å². The van der Waals surface area contributed by atoms with E-state index in [0.29, 0.717) is 17.8 Å². The Morgan fingerprint density at radius 2 is 1.62 bits per heavy atom. The van der Waals surface area contributed by atoms with Crippen LogP contribution in [0.15, 0.2) is 78.9 Å². The highest BCUT2D eigenvalue weighted by molar-refractivity contribution is 5.95. The van der Waals surface area contributed by atoms with E-state index in [9.17, 15) is 9.18 Å². The molecule has 0 aromatic heterocycles. The zero-order valence-electron chi connectivity index (χ0n) is 16.2. The van der Waals surface area contributed by atoms with E-state index in [4.69, 9.17) is 5.73 Å². The molecule has 0 unspecified atom stereocenters. The highest BCUT2D eigenvalue weighted by Gasteiger charge is 2.32. The van der Waals surface area contributed by atoms with E-state index in [-0.39, 0.29) is 17.8 Å². The number of nitrogens with two attached hydrogens (primary N) is 1. The second kappa shape index (κ2) is 8.45. The van der Waals surface area contributed by atoms with Gasteiger partial charge in [0.1, 0.15) is 5.82 Å². The molecular weight excluding hydrogens is 365 g/mol. The lowest BCUT2D eigenvalue weighted by atomic mass is 10.0. The first-order chi connectivity index (χ1) is 14.1. The maximum Gasteiger partial charge on any atom is 0.254 e. The molecule has 148 valence electrons. The Bertz CT molecular complexity index is 958. The van der Waals surface area contributed by atoms with Crippen molar-refractivity contribution in [1.82, 2.24) is 9.80 Å². The van der Waals surface area contributed by atoms with Crippen LogP contribution in [0.2, 0.25) is 0 Å². The van der Waals surface area contributed by atoms with E-state index < -0.39 is 0 Å². The summed E-state index contributed by atoms with van der Waals surface area (Å²) in [4.78, 5) is 17.5. The first-order valence-corrected chi connectivity index (χ1v) is 9.78. The first kappa shape index (κ1) is 19.2. The van der Waals surface area contributed by atoms with Crippen LogP contribution >= 0.6 is 0 Å². The molecule has 0 saturated carbocycles. The van der Waals surface area contributed by atoms with Crippen molar-refractivity contribution in [2.45, 2.75) is 12.6 Å². The summed E-state index contributed by atoms with van der Waals surface area (Å²) in [6.07, 6.45) is 0. The van der Waals surface area contributed by atoms with E-state index in [1.807, 2.05) is 35.2 Å². The van der Waals surface area contributed by atoms with Crippen LogP contribution in [0, 0.1) is 5.82 Å². The van der Waals surface area contributed by atoms with E-state index >= 15 is 0 Å². The number of halogens is 1. The largest absolute Gasteiger partial charge is 0.399 e. The second-order valence-corrected chi connectivity index (χ2v) is 7.41. The summed E-state index contributed by atoms with van der Waals surface area (Å²) in [5.74, 6) is -0.213. The van der Waals surface area contributed by atoms with Gasteiger partial charge in [0.25, 0.3) is 5.91 Å². The zero-order valence-corrected chi connectivity index (χ0v) is 16.2. The van der Waals surface area contributed by atoms with Gasteiger partial charge in [-0.1, -0.05) is 42.5 Å². The molecule has 3 aromatic carbocycles. The smallest absolute Gasteiger partial charge is 0.254 e. The van der Waals surface area contributed by atoms with Crippen molar-refractivity contribution >= 4 is 11.6 Å². The average molecular weight is 389 g/mol. The summed E-state index contributed by atoms with van der Waals surface area (Å²) in [6, 6.07) is 23.8. The molecule has 4 nitrogen and oxygen atoms in total. The molecule has 4 rings (SSSR count). The fourth-order valence-electron chi connectivity index (χ4n) is 3.83. The first-order valence-electron chi connectivity index (χ1n) is 9.78. The number of anilines is 1. The summed E-state index contributed by atoms with van der Waals surface area (Å²) >= 11 is 0. The van der Waals surface area contributed by atoms with Gasteiger partial charge in [0.05, 0.1) is 6.04 Å². The van der Waals surface area contributed by atoms with Crippen LogP contribution in [0.3, 0.4) is 0 Å². The molecule has 1 atom stereocenters. The van der Waals surface area contributed by atoms with Crippen LogP contribution in [-0.4, -0.2) is 35.3 Å². The molecule has 2 N–H and O–H groups in total. The van der Waals surface area contributed by atoms with Crippen molar-refractivity contribution in [3.63, 3.8) is 0 Å². The minimum absolute atomic E-state index is 0.0142. The second-order valence-electron chi connectivity index (χ2n) is 7.41. The molecule has 5 heteroatoms. The zero-order chi connectivity index (χ0) is 20.2. The normalized spacial score (nSPS) is 17.3. The van der Waals surface area contributed by atoms with Crippen molar-refractivity contribution in [3.8, 4) is 0 Å². The van der Waals surface area contributed by atoms with Gasteiger partial charge in [-0.3, -0.25) is 9.69 Å². The van der Waals surface area contributed by atoms with Crippen LogP contribution in [-0.2, 0) is 6.54 Å². The molecule has 1 amide bonds. The number of hydrogen-bond donors (Lipinski definition) is 1. The highest BCUT2D eigenvalue weighted by Crippen LogP contribution is 2.28. The molecule has 0 aliphatic carbocycles. The molecule has 0 spiro atoms. The van der Waals surface area contributed by atoms with Gasteiger partial charge < -0.3 is 10.6 Å². The lowest BCUT2D eigenvalue weighted by molar-refractivity contribution is 0.0434. The van der Waals surface area contributed by atoms with Gasteiger partial charge in [0.2, 0.25) is 0 Å². The van der Waals surface area contributed by atoms with Crippen molar-refractivity contribution < 1.29 is 9.18 Å². The van der Waals surface area contributed by atoms with Crippen LogP contribution < -0.4 is 5.73 Å². The number of rotatable bonds is 4. The number of carbonyl (C=O) groups is 1. The Morgan fingerprint density at radius 3 is 2.31 bits per heavy atom. The number of benzene rings is 3. The van der Waals surface area contributed by atoms with Crippen LogP contribution in [0.4, 0.5) is 10.1 Å². The number of hydrogen-bond acceptors (Lipinski definition) is 3. The standard InChI is InChI=1S/C24H24FN3O/c25-21-10-6-18(7-11-21)16-27-14-15-28(23(17-27)19-4-2-1-3-5-19)24(29)20-8-12-22(26)13-9-20/h1-13,23H,14-17,26H2/t23-/m1/s1. The Balaban J connectivity index is 1.56. The lowest BCUT2D eigenvalue weighted by Gasteiger charge is -2.42. The number of nitrogens with zero attached hydrogens (tertiary/aromatic N) is 2. The summed E-state index contributed by atoms with van der Waals surface area (Å²) in [5, 5.41) is 0. The van der Waals surface area contributed by atoms with Crippen molar-refractivity contribution in [2.24, 2.45) is 0 Å². The third-order valence-corrected chi connectivity index (χ3v) is 5.39. The van der Waals surface area contributed by atoms with Crippen LogP contribution in [0.1, 0.15) is 27.5 Å². The SMILES string of the molecule is Nc1ccc(C(=O)N2CCN(Cc3ccc(F)cc3)C[C@@H]2c2ccccc2)cc1. The lowest BCUT2D eigenvalue weighted by Crippen LogP contribution is -2.50. The topological polar surface area (TPSA) is 49.6 Å². The summed E-state index contributed by atoms with van der Waals surface area (Å²) in [6.45, 7) is 2.85. The van der Waals surface area contributed by atoms with Crippen LogP contribution in [0.5, 0.6) is 0 Å². The molecule has 0 bridgehead atoms. The predicted octanol–water partition coefficient (Wildman–Crippen LogP) is 4.11. The third kappa shape index (κ3) is 4.46. The minimum atomic E-state index is -0.227. The molecule has 1 fully saturated rings. The van der Waals surface area contributed by atoms with Gasteiger partial charge in [-0.2, -0.15) is 0 Å². The van der Waals surface area contributed by atoms with E-state index in [1.165, 1.54) is 12.1 Å². The van der Waals surface area contributed by atoms with Gasteiger partial charge in [0, 0.05) is 37.4 Å². The van der Waals surface area contributed by atoms with Crippen LogP contribution in [0.25, 0.3) is 0 Å². The van der Waals surface area contributed by atoms with Gasteiger partial charge in [-0.15, -0.1) is 0 Å². The quantitative estimate of drug-likeness (QED) is 0.684. The Hall–Kier alpha value is -3.18.